The summed E-state index contributed by atoms with van der Waals surface area (Å²) in [5.41, 5.74) is 0.837. The van der Waals surface area contributed by atoms with Crippen molar-refractivity contribution in [3.8, 4) is 0 Å². The molecular formula is C8H13FN2O2S. The second-order valence-corrected chi connectivity index (χ2v) is 4.65. The molecule has 0 aromatic rings. The van der Waals surface area contributed by atoms with Crippen LogP contribution in [0.3, 0.4) is 0 Å². The molecule has 0 bridgehead atoms. The molecule has 0 amide bonds. The monoisotopic (exact) mass is 220 g/mol. The van der Waals surface area contributed by atoms with E-state index in [0.717, 1.165) is 5.57 Å². The number of alkyl halides is 1. The average molecular weight is 220 g/mol. The second-order valence-electron chi connectivity index (χ2n) is 3.27. The summed E-state index contributed by atoms with van der Waals surface area (Å²) in [5.74, 6) is -0.475. The molecule has 0 aromatic carbocycles. The Hall–Kier alpha value is -0.720. The Morgan fingerprint density at radius 2 is 2.29 bits per heavy atom. The summed E-state index contributed by atoms with van der Waals surface area (Å²) < 4.78 is 36.4. The summed E-state index contributed by atoms with van der Waals surface area (Å²) in [7, 11) is -3.73. The second kappa shape index (κ2) is 4.20. The van der Waals surface area contributed by atoms with Crippen LogP contribution in [0.4, 0.5) is 4.39 Å². The summed E-state index contributed by atoms with van der Waals surface area (Å²) in [6.45, 7) is 1.77. The molecule has 0 radical (unpaired) electrons. The average Bonchev–Trinajstić information content (AvgIpc) is 2.00. The van der Waals surface area contributed by atoms with Crippen molar-refractivity contribution in [3.63, 3.8) is 0 Å². The number of nitrogens with two attached hydrogens (primary N) is 1. The molecule has 0 spiro atoms. The first-order valence-corrected chi connectivity index (χ1v) is 5.71. The highest BCUT2D eigenvalue weighted by Crippen LogP contribution is 2.18. The van der Waals surface area contributed by atoms with Crippen LogP contribution in [0.5, 0.6) is 0 Å². The van der Waals surface area contributed by atoms with Gasteiger partial charge in [0.25, 0.3) is 10.2 Å². The van der Waals surface area contributed by atoms with Crippen LogP contribution in [0.15, 0.2) is 23.8 Å². The number of hydrogen-bond acceptors (Lipinski definition) is 2. The predicted molar refractivity (Wildman–Crippen MR) is 52.4 cm³/mol. The minimum atomic E-state index is -3.73. The fraction of sp³-hybridized carbons (Fsp3) is 0.500. The van der Waals surface area contributed by atoms with Gasteiger partial charge in [0.15, 0.2) is 0 Å². The van der Waals surface area contributed by atoms with Gasteiger partial charge in [-0.05, 0) is 13.0 Å². The fourth-order valence-corrected chi connectivity index (χ4v) is 1.63. The standard InChI is InChI=1S/C8H13FN2O2S/c1-6-2-3-7(8(9)4-6)5-11-14(10,12)13/h2-4,7-8,11H,5H2,1H3,(H2,10,12,13). The van der Waals surface area contributed by atoms with Crippen molar-refractivity contribution in [1.82, 2.24) is 4.72 Å². The summed E-state index contributed by atoms with van der Waals surface area (Å²) >= 11 is 0. The summed E-state index contributed by atoms with van der Waals surface area (Å²) in [6.07, 6.45) is 3.69. The molecule has 1 aliphatic carbocycles. The van der Waals surface area contributed by atoms with Crippen molar-refractivity contribution < 1.29 is 12.8 Å². The summed E-state index contributed by atoms with van der Waals surface area (Å²) in [6, 6.07) is 0. The topological polar surface area (TPSA) is 72.2 Å². The Morgan fingerprint density at radius 3 is 2.79 bits per heavy atom. The highest BCUT2D eigenvalue weighted by Gasteiger charge is 2.20. The molecule has 2 unspecified atom stereocenters. The third kappa shape index (κ3) is 3.57. The van der Waals surface area contributed by atoms with E-state index in [0.29, 0.717) is 0 Å². The van der Waals surface area contributed by atoms with Gasteiger partial charge in [0.2, 0.25) is 0 Å². The first-order chi connectivity index (χ1) is 6.38. The molecule has 1 aliphatic rings. The van der Waals surface area contributed by atoms with Gasteiger partial charge in [-0.3, -0.25) is 0 Å². The molecule has 6 heteroatoms. The van der Waals surface area contributed by atoms with Crippen LogP contribution in [0, 0.1) is 5.92 Å². The van der Waals surface area contributed by atoms with Gasteiger partial charge >= 0.3 is 0 Å². The minimum Gasteiger partial charge on any atom is -0.242 e. The van der Waals surface area contributed by atoms with E-state index in [2.05, 4.69) is 4.72 Å². The Morgan fingerprint density at radius 1 is 1.64 bits per heavy atom. The van der Waals surface area contributed by atoms with Crippen LogP contribution in [0.25, 0.3) is 0 Å². The molecule has 0 aromatic heterocycles. The molecular weight excluding hydrogens is 207 g/mol. The van der Waals surface area contributed by atoms with E-state index in [4.69, 9.17) is 5.14 Å². The summed E-state index contributed by atoms with van der Waals surface area (Å²) in [4.78, 5) is 0. The number of halogens is 1. The third-order valence-electron chi connectivity index (χ3n) is 1.96. The van der Waals surface area contributed by atoms with E-state index in [1.165, 1.54) is 6.08 Å². The van der Waals surface area contributed by atoms with E-state index >= 15 is 0 Å². The largest absolute Gasteiger partial charge is 0.274 e. The fourth-order valence-electron chi connectivity index (χ4n) is 1.20. The van der Waals surface area contributed by atoms with Gasteiger partial charge in [0.05, 0.1) is 0 Å². The van der Waals surface area contributed by atoms with Crippen molar-refractivity contribution in [1.29, 1.82) is 0 Å². The number of hydrogen-bond donors (Lipinski definition) is 2. The van der Waals surface area contributed by atoms with Crippen molar-refractivity contribution in [2.24, 2.45) is 11.1 Å². The molecule has 0 saturated heterocycles. The molecule has 80 valence electrons. The Balaban J connectivity index is 2.53. The zero-order valence-corrected chi connectivity index (χ0v) is 8.59. The molecule has 14 heavy (non-hydrogen) atoms. The van der Waals surface area contributed by atoms with Gasteiger partial charge in [0.1, 0.15) is 6.17 Å². The Labute approximate surface area is 82.9 Å². The highest BCUT2D eigenvalue weighted by atomic mass is 32.2. The SMILES string of the molecule is CC1=CC(F)C(CNS(N)(=O)=O)C=C1. The lowest BCUT2D eigenvalue weighted by Gasteiger charge is -2.18. The van der Waals surface area contributed by atoms with Crippen LogP contribution in [0.1, 0.15) is 6.92 Å². The molecule has 2 atom stereocenters. The van der Waals surface area contributed by atoms with Crippen molar-refractivity contribution in [2.45, 2.75) is 13.1 Å². The lowest BCUT2D eigenvalue weighted by atomic mass is 9.96. The lowest BCUT2D eigenvalue weighted by molar-refractivity contribution is 0.317. The predicted octanol–water partition coefficient (Wildman–Crippen LogP) is 0.250. The quantitative estimate of drug-likeness (QED) is 0.715. The van der Waals surface area contributed by atoms with Gasteiger partial charge in [-0.25, -0.2) is 14.3 Å². The van der Waals surface area contributed by atoms with Crippen LogP contribution in [-0.4, -0.2) is 21.1 Å². The van der Waals surface area contributed by atoms with Gasteiger partial charge < -0.3 is 0 Å². The van der Waals surface area contributed by atoms with Gasteiger partial charge in [0, 0.05) is 12.5 Å². The Bertz CT molecular complexity index is 362. The molecule has 0 fully saturated rings. The van der Waals surface area contributed by atoms with Crippen molar-refractivity contribution in [2.75, 3.05) is 6.54 Å². The van der Waals surface area contributed by atoms with E-state index in [9.17, 15) is 12.8 Å². The third-order valence-corrected chi connectivity index (χ3v) is 2.53. The molecule has 0 heterocycles. The number of allylic oxidation sites excluding steroid dienone is 3. The van der Waals surface area contributed by atoms with Gasteiger partial charge in [-0.2, -0.15) is 8.42 Å². The van der Waals surface area contributed by atoms with E-state index in [-0.39, 0.29) is 6.54 Å². The molecule has 3 N–H and O–H groups in total. The van der Waals surface area contributed by atoms with Crippen LogP contribution in [-0.2, 0) is 10.2 Å². The maximum Gasteiger partial charge on any atom is 0.274 e. The normalized spacial score (nSPS) is 27.5. The smallest absolute Gasteiger partial charge is 0.242 e. The maximum atomic E-state index is 13.3. The van der Waals surface area contributed by atoms with Gasteiger partial charge in [-0.1, -0.05) is 17.7 Å². The first kappa shape index (κ1) is 11.4. The van der Waals surface area contributed by atoms with E-state index in [1.54, 1.807) is 19.1 Å². The summed E-state index contributed by atoms with van der Waals surface area (Å²) in [5, 5.41) is 4.72. The molecule has 1 rings (SSSR count). The van der Waals surface area contributed by atoms with Crippen molar-refractivity contribution in [3.05, 3.63) is 23.8 Å². The van der Waals surface area contributed by atoms with Crippen LogP contribution in [0.2, 0.25) is 0 Å². The van der Waals surface area contributed by atoms with Crippen LogP contribution >= 0.6 is 0 Å². The number of rotatable bonds is 3. The minimum absolute atomic E-state index is 0.0136. The van der Waals surface area contributed by atoms with E-state index in [1.807, 2.05) is 0 Å². The van der Waals surface area contributed by atoms with Gasteiger partial charge in [-0.15, -0.1) is 0 Å². The zero-order chi connectivity index (χ0) is 10.8. The molecule has 4 nitrogen and oxygen atoms in total. The Kier molecular flexibility index (Phi) is 3.41. The number of nitrogens with one attached hydrogen (secondary N) is 1. The van der Waals surface area contributed by atoms with Crippen molar-refractivity contribution >= 4 is 10.2 Å². The zero-order valence-electron chi connectivity index (χ0n) is 7.77. The molecule has 0 aliphatic heterocycles. The maximum absolute atomic E-state index is 13.3. The molecule has 0 saturated carbocycles. The highest BCUT2D eigenvalue weighted by molar-refractivity contribution is 7.87. The van der Waals surface area contributed by atoms with Crippen LogP contribution < -0.4 is 9.86 Å². The lowest BCUT2D eigenvalue weighted by Crippen LogP contribution is -2.37. The van der Waals surface area contributed by atoms with E-state index < -0.39 is 22.3 Å². The first-order valence-electron chi connectivity index (χ1n) is 4.16.